The van der Waals surface area contributed by atoms with Gasteiger partial charge in [-0.05, 0) is 25.5 Å². The van der Waals surface area contributed by atoms with Crippen LogP contribution in [0.15, 0.2) is 30.5 Å². The molecule has 1 aliphatic rings. The van der Waals surface area contributed by atoms with Gasteiger partial charge in [0, 0.05) is 26.2 Å². The van der Waals surface area contributed by atoms with Crippen LogP contribution in [0.4, 0.5) is 0 Å². The van der Waals surface area contributed by atoms with E-state index in [1.807, 2.05) is 47.7 Å². The summed E-state index contributed by atoms with van der Waals surface area (Å²) in [6.07, 6.45) is 1.69. The summed E-state index contributed by atoms with van der Waals surface area (Å²) in [5, 5.41) is 7.68. The number of para-hydroxylation sites is 1. The summed E-state index contributed by atoms with van der Waals surface area (Å²) in [4.78, 5) is 14.5. The Morgan fingerprint density at radius 3 is 2.62 bits per heavy atom. The highest BCUT2D eigenvalue weighted by atomic mass is 16.2. The van der Waals surface area contributed by atoms with Crippen molar-refractivity contribution in [2.24, 2.45) is 0 Å². The second-order valence-corrected chi connectivity index (χ2v) is 5.38. The quantitative estimate of drug-likeness (QED) is 0.910. The van der Waals surface area contributed by atoms with Crippen molar-refractivity contribution in [3.63, 3.8) is 0 Å². The molecule has 21 heavy (non-hydrogen) atoms. The Morgan fingerprint density at radius 1 is 1.19 bits per heavy atom. The zero-order valence-corrected chi connectivity index (χ0v) is 12.5. The van der Waals surface area contributed by atoms with Crippen LogP contribution in [0.1, 0.15) is 21.6 Å². The summed E-state index contributed by atoms with van der Waals surface area (Å²) in [7, 11) is 0. The maximum absolute atomic E-state index is 12.6. The molecule has 0 spiro atoms. The number of piperazine rings is 1. The maximum Gasteiger partial charge on any atom is 0.257 e. The number of nitrogens with zero attached hydrogens (tertiary/aromatic N) is 3. The number of carbonyl (C=O) groups excluding carboxylic acids is 1. The fourth-order valence-electron chi connectivity index (χ4n) is 2.70. The van der Waals surface area contributed by atoms with E-state index in [1.54, 1.807) is 6.20 Å². The monoisotopic (exact) mass is 284 g/mol. The molecule has 0 saturated carbocycles. The number of benzene rings is 1. The van der Waals surface area contributed by atoms with E-state index in [2.05, 4.69) is 10.4 Å². The van der Waals surface area contributed by atoms with Gasteiger partial charge in [-0.2, -0.15) is 5.10 Å². The summed E-state index contributed by atoms with van der Waals surface area (Å²) < 4.78 is 1.85. The number of nitrogens with one attached hydrogen (secondary N) is 1. The second kappa shape index (κ2) is 5.69. The molecule has 1 fully saturated rings. The van der Waals surface area contributed by atoms with Crippen molar-refractivity contribution in [1.82, 2.24) is 20.0 Å². The van der Waals surface area contributed by atoms with Gasteiger partial charge in [0.2, 0.25) is 0 Å². The number of rotatable bonds is 2. The Hall–Kier alpha value is -2.14. The van der Waals surface area contributed by atoms with Gasteiger partial charge in [-0.3, -0.25) is 4.79 Å². The molecule has 110 valence electrons. The van der Waals surface area contributed by atoms with E-state index in [0.29, 0.717) is 5.56 Å². The van der Waals surface area contributed by atoms with Crippen LogP contribution < -0.4 is 5.32 Å². The first-order valence-electron chi connectivity index (χ1n) is 7.29. The van der Waals surface area contributed by atoms with Gasteiger partial charge in [-0.1, -0.05) is 18.2 Å². The Balaban J connectivity index is 1.92. The minimum absolute atomic E-state index is 0.0776. The number of amides is 1. The van der Waals surface area contributed by atoms with Crippen LogP contribution in [0.5, 0.6) is 0 Å². The van der Waals surface area contributed by atoms with E-state index in [9.17, 15) is 4.79 Å². The first-order chi connectivity index (χ1) is 10.2. The summed E-state index contributed by atoms with van der Waals surface area (Å²) in [5.74, 6) is 0.0776. The third-order valence-corrected chi connectivity index (χ3v) is 3.99. The predicted octanol–water partition coefficient (Wildman–Crippen LogP) is 1.53. The Labute approximate surface area is 124 Å². The molecule has 3 rings (SSSR count). The van der Waals surface area contributed by atoms with Crippen molar-refractivity contribution in [2.45, 2.75) is 13.8 Å². The standard InChI is InChI=1S/C16H20N4O/c1-12-5-3-4-6-15(12)20-13(2)14(11-18-20)16(21)19-9-7-17-8-10-19/h3-6,11,17H,7-10H2,1-2H3. The average molecular weight is 284 g/mol. The minimum Gasteiger partial charge on any atom is -0.336 e. The summed E-state index contributed by atoms with van der Waals surface area (Å²) in [6.45, 7) is 7.23. The molecule has 0 atom stereocenters. The molecule has 1 saturated heterocycles. The van der Waals surface area contributed by atoms with E-state index < -0.39 is 0 Å². The van der Waals surface area contributed by atoms with Gasteiger partial charge in [0.15, 0.2) is 0 Å². The lowest BCUT2D eigenvalue weighted by atomic mass is 10.2. The highest BCUT2D eigenvalue weighted by Crippen LogP contribution is 2.18. The van der Waals surface area contributed by atoms with Crippen LogP contribution in [0.25, 0.3) is 5.69 Å². The van der Waals surface area contributed by atoms with Crippen LogP contribution in [-0.4, -0.2) is 46.8 Å². The molecule has 0 aliphatic carbocycles. The fraction of sp³-hybridized carbons (Fsp3) is 0.375. The van der Waals surface area contributed by atoms with Gasteiger partial charge >= 0.3 is 0 Å². The lowest BCUT2D eigenvalue weighted by molar-refractivity contribution is 0.0735. The molecule has 1 N–H and O–H groups in total. The largest absolute Gasteiger partial charge is 0.336 e. The maximum atomic E-state index is 12.6. The van der Waals surface area contributed by atoms with Gasteiger partial charge in [0.1, 0.15) is 0 Å². The molecule has 0 unspecified atom stereocenters. The molecule has 2 heterocycles. The number of aryl methyl sites for hydroxylation is 1. The molecular weight excluding hydrogens is 264 g/mol. The number of aromatic nitrogens is 2. The number of carbonyl (C=O) groups is 1. The molecule has 2 aromatic rings. The third-order valence-electron chi connectivity index (χ3n) is 3.99. The van der Waals surface area contributed by atoms with Crippen LogP contribution in [0.3, 0.4) is 0 Å². The smallest absolute Gasteiger partial charge is 0.257 e. The Bertz CT molecular complexity index is 656. The fourth-order valence-corrected chi connectivity index (χ4v) is 2.70. The van der Waals surface area contributed by atoms with Crippen molar-refractivity contribution < 1.29 is 4.79 Å². The number of hydrogen-bond acceptors (Lipinski definition) is 3. The predicted molar refractivity (Wildman–Crippen MR) is 81.8 cm³/mol. The summed E-state index contributed by atoms with van der Waals surface area (Å²) >= 11 is 0. The van der Waals surface area contributed by atoms with Crippen molar-refractivity contribution in [2.75, 3.05) is 26.2 Å². The van der Waals surface area contributed by atoms with Crippen LogP contribution >= 0.6 is 0 Å². The SMILES string of the molecule is Cc1ccccc1-n1ncc(C(=O)N2CCNCC2)c1C. The zero-order chi connectivity index (χ0) is 14.8. The second-order valence-electron chi connectivity index (χ2n) is 5.38. The molecule has 0 radical (unpaired) electrons. The number of hydrogen-bond donors (Lipinski definition) is 1. The first kappa shape index (κ1) is 13.8. The third kappa shape index (κ3) is 2.56. The van der Waals surface area contributed by atoms with Gasteiger partial charge in [0.05, 0.1) is 23.1 Å². The highest BCUT2D eigenvalue weighted by molar-refractivity contribution is 5.95. The normalized spacial score (nSPS) is 15.2. The Kier molecular flexibility index (Phi) is 3.75. The lowest BCUT2D eigenvalue weighted by Gasteiger charge is -2.27. The first-order valence-corrected chi connectivity index (χ1v) is 7.29. The summed E-state index contributed by atoms with van der Waals surface area (Å²) in [6, 6.07) is 8.06. The van der Waals surface area contributed by atoms with Gasteiger partial charge in [-0.15, -0.1) is 0 Å². The lowest BCUT2D eigenvalue weighted by Crippen LogP contribution is -2.46. The molecule has 1 aromatic heterocycles. The van der Waals surface area contributed by atoms with Crippen molar-refractivity contribution in [3.05, 3.63) is 47.3 Å². The van der Waals surface area contributed by atoms with Gasteiger partial charge in [0.25, 0.3) is 5.91 Å². The van der Waals surface area contributed by atoms with Crippen LogP contribution in [0.2, 0.25) is 0 Å². The topological polar surface area (TPSA) is 50.2 Å². The van der Waals surface area contributed by atoms with E-state index in [-0.39, 0.29) is 5.91 Å². The average Bonchev–Trinajstić information content (AvgIpc) is 2.89. The summed E-state index contributed by atoms with van der Waals surface area (Å²) in [5.41, 5.74) is 3.76. The van der Waals surface area contributed by atoms with Crippen LogP contribution in [-0.2, 0) is 0 Å². The van der Waals surface area contributed by atoms with E-state index in [4.69, 9.17) is 0 Å². The van der Waals surface area contributed by atoms with Crippen LogP contribution in [0, 0.1) is 13.8 Å². The van der Waals surface area contributed by atoms with E-state index >= 15 is 0 Å². The minimum atomic E-state index is 0.0776. The molecule has 1 aromatic carbocycles. The molecular formula is C16H20N4O. The van der Waals surface area contributed by atoms with E-state index in [0.717, 1.165) is 43.1 Å². The molecule has 0 bridgehead atoms. The molecule has 1 amide bonds. The molecule has 5 heteroatoms. The Morgan fingerprint density at radius 2 is 1.90 bits per heavy atom. The zero-order valence-electron chi connectivity index (χ0n) is 12.5. The van der Waals surface area contributed by atoms with Crippen molar-refractivity contribution in [1.29, 1.82) is 0 Å². The van der Waals surface area contributed by atoms with E-state index in [1.165, 1.54) is 0 Å². The van der Waals surface area contributed by atoms with Gasteiger partial charge < -0.3 is 10.2 Å². The molecule has 1 aliphatic heterocycles. The van der Waals surface area contributed by atoms with Gasteiger partial charge in [-0.25, -0.2) is 4.68 Å². The van der Waals surface area contributed by atoms with Crippen molar-refractivity contribution >= 4 is 5.91 Å². The van der Waals surface area contributed by atoms with Crippen molar-refractivity contribution in [3.8, 4) is 5.69 Å². The highest BCUT2D eigenvalue weighted by Gasteiger charge is 2.22. The molecule has 5 nitrogen and oxygen atoms in total.